The van der Waals surface area contributed by atoms with Crippen molar-refractivity contribution in [1.29, 1.82) is 0 Å². The second-order valence-electron chi connectivity index (χ2n) is 5.98. The number of hydrogen-bond donors (Lipinski definition) is 2. The molecule has 0 saturated heterocycles. The molecule has 0 bridgehead atoms. The van der Waals surface area contributed by atoms with Gasteiger partial charge in [0.05, 0.1) is 0 Å². The minimum atomic E-state index is -0.115. The van der Waals surface area contributed by atoms with E-state index in [0.717, 1.165) is 24.5 Å². The molecule has 0 amide bonds. The number of rotatable bonds is 5. The Bertz CT molecular complexity index is 669. The summed E-state index contributed by atoms with van der Waals surface area (Å²) in [6.45, 7) is 3.03. The molecule has 0 aliphatic heterocycles. The first kappa shape index (κ1) is 16.0. The van der Waals surface area contributed by atoms with E-state index in [2.05, 4.69) is 40.1 Å². The van der Waals surface area contributed by atoms with Crippen molar-refractivity contribution in [3.63, 3.8) is 0 Å². The number of aliphatic imine (C=N–C) groups is 1. The summed E-state index contributed by atoms with van der Waals surface area (Å²) < 4.78 is 13.8. The van der Waals surface area contributed by atoms with Gasteiger partial charge < -0.3 is 10.6 Å². The molecule has 2 N–H and O–H groups in total. The van der Waals surface area contributed by atoms with Gasteiger partial charge in [0.25, 0.3) is 0 Å². The molecule has 3 nitrogen and oxygen atoms in total. The summed E-state index contributed by atoms with van der Waals surface area (Å²) in [7, 11) is 1.77. The van der Waals surface area contributed by atoms with Crippen molar-refractivity contribution >= 4 is 17.3 Å². The average Bonchev–Trinajstić information content (AvgIpc) is 3.09. The highest BCUT2D eigenvalue weighted by Gasteiger charge is 2.40. The normalized spacial score (nSPS) is 21.8. The molecule has 1 aromatic heterocycles. The Labute approximate surface area is 140 Å². The Morgan fingerprint density at radius 3 is 2.87 bits per heavy atom. The summed E-state index contributed by atoms with van der Waals surface area (Å²) in [5.74, 6) is 1.35. The zero-order valence-corrected chi connectivity index (χ0v) is 14.2. The first-order valence-electron chi connectivity index (χ1n) is 7.94. The van der Waals surface area contributed by atoms with Crippen LogP contribution in [0.15, 0.2) is 46.8 Å². The zero-order valence-electron chi connectivity index (χ0n) is 13.4. The third-order valence-electron chi connectivity index (χ3n) is 4.25. The van der Waals surface area contributed by atoms with E-state index in [4.69, 9.17) is 0 Å². The van der Waals surface area contributed by atoms with Crippen molar-refractivity contribution < 1.29 is 4.39 Å². The minimum Gasteiger partial charge on any atom is -0.356 e. The van der Waals surface area contributed by atoms with E-state index in [0.29, 0.717) is 5.92 Å². The molecular weight excluding hydrogens is 309 g/mol. The van der Waals surface area contributed by atoms with Crippen LogP contribution in [0.2, 0.25) is 0 Å². The maximum atomic E-state index is 13.8. The van der Waals surface area contributed by atoms with Crippen LogP contribution >= 0.6 is 11.3 Å². The lowest BCUT2D eigenvalue weighted by atomic mass is 10.1. The molecule has 1 aliphatic carbocycles. The van der Waals surface area contributed by atoms with Gasteiger partial charge in [0.1, 0.15) is 5.82 Å². The number of thiophene rings is 1. The predicted molar refractivity (Wildman–Crippen MR) is 94.8 cm³/mol. The van der Waals surface area contributed by atoms with Gasteiger partial charge in [0.15, 0.2) is 5.96 Å². The SMILES string of the molecule is CN=C(NCC(C)c1cccs1)NC1CC1c1ccccc1F. The molecule has 1 heterocycles. The third kappa shape index (κ3) is 3.91. The number of nitrogens with one attached hydrogen (secondary N) is 2. The van der Waals surface area contributed by atoms with Crippen LogP contribution in [-0.2, 0) is 0 Å². The summed E-state index contributed by atoms with van der Waals surface area (Å²) in [4.78, 5) is 5.64. The molecule has 122 valence electrons. The Hall–Kier alpha value is -1.88. The van der Waals surface area contributed by atoms with Crippen LogP contribution in [0.4, 0.5) is 4.39 Å². The Kier molecular flexibility index (Phi) is 4.96. The van der Waals surface area contributed by atoms with Crippen LogP contribution in [0.1, 0.15) is 35.6 Å². The molecule has 3 unspecified atom stereocenters. The van der Waals surface area contributed by atoms with Crippen molar-refractivity contribution in [2.24, 2.45) is 4.99 Å². The summed E-state index contributed by atoms with van der Waals surface area (Å²) in [5, 5.41) is 8.86. The van der Waals surface area contributed by atoms with Crippen molar-refractivity contribution in [1.82, 2.24) is 10.6 Å². The molecule has 1 saturated carbocycles. The molecule has 5 heteroatoms. The van der Waals surface area contributed by atoms with Crippen LogP contribution in [-0.4, -0.2) is 25.6 Å². The number of hydrogen-bond acceptors (Lipinski definition) is 2. The molecule has 0 radical (unpaired) electrons. The molecule has 23 heavy (non-hydrogen) atoms. The van der Waals surface area contributed by atoms with Crippen molar-refractivity contribution in [2.45, 2.75) is 31.2 Å². The van der Waals surface area contributed by atoms with E-state index in [1.165, 1.54) is 10.9 Å². The van der Waals surface area contributed by atoms with Crippen LogP contribution in [0.25, 0.3) is 0 Å². The number of benzene rings is 1. The van der Waals surface area contributed by atoms with Gasteiger partial charge in [0, 0.05) is 36.3 Å². The number of halogens is 1. The first-order chi connectivity index (χ1) is 11.2. The summed E-state index contributed by atoms with van der Waals surface area (Å²) in [6, 6.07) is 11.5. The van der Waals surface area contributed by atoms with E-state index >= 15 is 0 Å². The van der Waals surface area contributed by atoms with Gasteiger partial charge in [-0.05, 0) is 29.5 Å². The van der Waals surface area contributed by atoms with E-state index in [1.807, 2.05) is 12.1 Å². The fourth-order valence-corrected chi connectivity index (χ4v) is 3.55. The highest BCUT2D eigenvalue weighted by Crippen LogP contribution is 2.41. The lowest BCUT2D eigenvalue weighted by Gasteiger charge is -2.15. The molecule has 1 fully saturated rings. The lowest BCUT2D eigenvalue weighted by Crippen LogP contribution is -2.40. The van der Waals surface area contributed by atoms with Gasteiger partial charge >= 0.3 is 0 Å². The Morgan fingerprint density at radius 1 is 1.35 bits per heavy atom. The largest absolute Gasteiger partial charge is 0.356 e. The van der Waals surface area contributed by atoms with Crippen molar-refractivity contribution in [3.05, 3.63) is 58.0 Å². The molecule has 3 rings (SSSR count). The molecule has 1 aromatic carbocycles. The Morgan fingerprint density at radius 2 is 2.17 bits per heavy atom. The summed E-state index contributed by atoms with van der Waals surface area (Å²) >= 11 is 1.77. The van der Waals surface area contributed by atoms with Gasteiger partial charge in [-0.1, -0.05) is 31.2 Å². The van der Waals surface area contributed by atoms with E-state index < -0.39 is 0 Å². The fraction of sp³-hybridized carbons (Fsp3) is 0.389. The van der Waals surface area contributed by atoms with Crippen molar-refractivity contribution in [3.8, 4) is 0 Å². The fourth-order valence-electron chi connectivity index (χ4n) is 2.77. The maximum Gasteiger partial charge on any atom is 0.191 e. The molecule has 3 atom stereocenters. The van der Waals surface area contributed by atoms with Gasteiger partial charge in [-0.3, -0.25) is 4.99 Å². The molecular formula is C18H22FN3S. The Balaban J connectivity index is 1.50. The number of guanidine groups is 1. The van der Waals surface area contributed by atoms with Crippen LogP contribution in [0, 0.1) is 5.82 Å². The second-order valence-corrected chi connectivity index (χ2v) is 6.96. The van der Waals surface area contributed by atoms with Gasteiger partial charge in [-0.2, -0.15) is 0 Å². The standard InChI is InChI=1S/C18H22FN3S/c1-12(17-8-5-9-23-17)11-21-18(20-2)22-16-10-14(16)13-6-3-4-7-15(13)19/h3-9,12,14,16H,10-11H2,1-2H3,(H2,20,21,22). The van der Waals surface area contributed by atoms with Gasteiger partial charge in [0.2, 0.25) is 0 Å². The van der Waals surface area contributed by atoms with Gasteiger partial charge in [-0.25, -0.2) is 4.39 Å². The average molecular weight is 331 g/mol. The predicted octanol–water partition coefficient (Wildman–Crippen LogP) is 3.71. The number of nitrogens with zero attached hydrogens (tertiary/aromatic N) is 1. The monoisotopic (exact) mass is 331 g/mol. The smallest absolute Gasteiger partial charge is 0.191 e. The van der Waals surface area contributed by atoms with Gasteiger partial charge in [-0.15, -0.1) is 11.3 Å². The van der Waals surface area contributed by atoms with Crippen LogP contribution < -0.4 is 10.6 Å². The summed E-state index contributed by atoms with van der Waals surface area (Å²) in [5.41, 5.74) is 0.799. The van der Waals surface area contributed by atoms with Crippen molar-refractivity contribution in [2.75, 3.05) is 13.6 Å². The van der Waals surface area contributed by atoms with E-state index in [-0.39, 0.29) is 17.8 Å². The van der Waals surface area contributed by atoms with Crippen LogP contribution in [0.5, 0.6) is 0 Å². The molecule has 2 aromatic rings. The van der Waals surface area contributed by atoms with E-state index in [1.54, 1.807) is 24.5 Å². The zero-order chi connectivity index (χ0) is 16.2. The quantitative estimate of drug-likeness (QED) is 0.647. The third-order valence-corrected chi connectivity index (χ3v) is 5.35. The molecule has 0 spiro atoms. The van der Waals surface area contributed by atoms with Crippen LogP contribution in [0.3, 0.4) is 0 Å². The maximum absolute atomic E-state index is 13.8. The highest BCUT2D eigenvalue weighted by atomic mass is 32.1. The van der Waals surface area contributed by atoms with E-state index in [9.17, 15) is 4.39 Å². The highest BCUT2D eigenvalue weighted by molar-refractivity contribution is 7.10. The topological polar surface area (TPSA) is 36.4 Å². The minimum absolute atomic E-state index is 0.115. The lowest BCUT2D eigenvalue weighted by molar-refractivity contribution is 0.607. The second kappa shape index (κ2) is 7.13. The first-order valence-corrected chi connectivity index (χ1v) is 8.82. The summed E-state index contributed by atoms with van der Waals surface area (Å²) in [6.07, 6.45) is 0.947. The molecule has 1 aliphatic rings.